The molecule has 39 heavy (non-hydrogen) atoms. The lowest BCUT2D eigenvalue weighted by Crippen LogP contribution is -2.50. The smallest absolute Gasteiger partial charge is 0.287 e. The van der Waals surface area contributed by atoms with Gasteiger partial charge in [-0.05, 0) is 23.8 Å². The number of nitrogens with zero attached hydrogens (tertiary/aromatic N) is 5. The highest BCUT2D eigenvalue weighted by Gasteiger charge is 2.41. The molecule has 2 fully saturated rings. The molecule has 0 aliphatic carbocycles. The predicted octanol–water partition coefficient (Wildman–Crippen LogP) is 3.92. The molecule has 2 aromatic carbocycles. The molecule has 0 unspecified atom stereocenters. The van der Waals surface area contributed by atoms with Crippen molar-refractivity contribution in [2.45, 2.75) is 31.5 Å². The van der Waals surface area contributed by atoms with Gasteiger partial charge in [0, 0.05) is 67.8 Å². The molecule has 0 saturated carbocycles. The van der Waals surface area contributed by atoms with Gasteiger partial charge in [0.1, 0.15) is 6.10 Å². The molecule has 4 heterocycles. The van der Waals surface area contributed by atoms with E-state index in [0.717, 1.165) is 62.9 Å². The average molecular weight is 552 g/mol. The van der Waals surface area contributed by atoms with E-state index in [2.05, 4.69) is 44.0 Å². The van der Waals surface area contributed by atoms with Crippen molar-refractivity contribution in [1.82, 2.24) is 14.5 Å². The van der Waals surface area contributed by atoms with Crippen LogP contribution in [0.15, 0.2) is 72.2 Å². The first-order valence-electron chi connectivity index (χ1n) is 13.5. The van der Waals surface area contributed by atoms with Crippen LogP contribution < -0.4 is 4.90 Å². The molecule has 2 saturated heterocycles. The van der Waals surface area contributed by atoms with Crippen molar-refractivity contribution in [2.24, 2.45) is 4.99 Å². The number of ether oxygens (including phenoxy) is 4. The second kappa shape index (κ2) is 12.0. The van der Waals surface area contributed by atoms with Crippen LogP contribution >= 0.6 is 11.6 Å². The molecule has 1 aromatic heterocycles. The molecule has 3 aliphatic rings. The minimum atomic E-state index is -1.000. The van der Waals surface area contributed by atoms with Crippen molar-refractivity contribution >= 4 is 23.3 Å². The number of hydrogen-bond donors (Lipinski definition) is 0. The van der Waals surface area contributed by atoms with Gasteiger partial charge in [0.15, 0.2) is 0 Å². The fourth-order valence-corrected chi connectivity index (χ4v) is 5.46. The number of aliphatic imine (C=N–C) groups is 1. The molecule has 0 amide bonds. The zero-order valence-electron chi connectivity index (χ0n) is 22.0. The van der Waals surface area contributed by atoms with E-state index in [0.29, 0.717) is 31.4 Å². The number of piperazine rings is 1. The summed E-state index contributed by atoms with van der Waals surface area (Å²) < 4.78 is 26.5. The van der Waals surface area contributed by atoms with Crippen molar-refractivity contribution in [3.8, 4) is 0 Å². The first-order chi connectivity index (χ1) is 19.2. The van der Waals surface area contributed by atoms with Crippen molar-refractivity contribution in [3.05, 3.63) is 83.4 Å². The monoisotopic (exact) mass is 551 g/mol. The fourth-order valence-electron chi connectivity index (χ4n) is 5.18. The van der Waals surface area contributed by atoms with E-state index in [-0.39, 0.29) is 6.10 Å². The lowest BCUT2D eigenvalue weighted by atomic mass is 10.0. The van der Waals surface area contributed by atoms with Gasteiger partial charge in [0.05, 0.1) is 39.3 Å². The van der Waals surface area contributed by atoms with Crippen LogP contribution in [-0.2, 0) is 37.9 Å². The first kappa shape index (κ1) is 26.1. The Morgan fingerprint density at radius 1 is 0.974 bits per heavy atom. The largest absolute Gasteiger partial charge is 0.465 e. The number of imidazole rings is 1. The van der Waals surface area contributed by atoms with Gasteiger partial charge in [-0.2, -0.15) is 0 Å². The molecule has 9 nitrogen and oxygen atoms in total. The summed E-state index contributed by atoms with van der Waals surface area (Å²) in [5, 5.41) is 0.606. The van der Waals surface area contributed by atoms with E-state index >= 15 is 0 Å². The van der Waals surface area contributed by atoms with Gasteiger partial charge in [0.2, 0.25) is 5.79 Å². The minimum Gasteiger partial charge on any atom is -0.465 e. The first-order valence-corrected chi connectivity index (χ1v) is 13.9. The Morgan fingerprint density at radius 2 is 1.74 bits per heavy atom. The molecule has 3 aromatic rings. The maximum Gasteiger partial charge on any atom is 0.287 e. The molecule has 0 atom stereocenters. The number of benzene rings is 2. The van der Waals surface area contributed by atoms with E-state index in [1.807, 2.05) is 35.0 Å². The summed E-state index contributed by atoms with van der Waals surface area (Å²) in [4.78, 5) is 13.3. The van der Waals surface area contributed by atoms with E-state index < -0.39 is 5.79 Å². The van der Waals surface area contributed by atoms with Crippen LogP contribution in [0.1, 0.15) is 17.5 Å². The van der Waals surface area contributed by atoms with Gasteiger partial charge in [-0.3, -0.25) is 0 Å². The number of anilines is 1. The van der Waals surface area contributed by atoms with E-state index in [4.69, 9.17) is 30.5 Å². The normalized spacial score (nSPS) is 23.8. The predicted molar refractivity (Wildman–Crippen MR) is 149 cm³/mol. The van der Waals surface area contributed by atoms with Gasteiger partial charge in [-0.1, -0.05) is 41.9 Å². The van der Waals surface area contributed by atoms with Gasteiger partial charge >= 0.3 is 0 Å². The second-order valence-corrected chi connectivity index (χ2v) is 10.4. The number of hydrogen-bond acceptors (Lipinski definition) is 8. The van der Waals surface area contributed by atoms with Crippen molar-refractivity contribution in [3.63, 3.8) is 0 Å². The van der Waals surface area contributed by atoms with E-state index in [1.165, 1.54) is 5.69 Å². The number of aromatic nitrogens is 2. The molecule has 0 radical (unpaired) electrons. The molecule has 3 aliphatic heterocycles. The third-order valence-electron chi connectivity index (χ3n) is 7.36. The topological polar surface area (TPSA) is 73.6 Å². The Morgan fingerprint density at radius 3 is 2.44 bits per heavy atom. The number of halogens is 1. The zero-order chi connectivity index (χ0) is 26.5. The SMILES string of the molecule is Clc1ccccc1C1(Cn2ccnc2)OCC(OCc2ccc(N3CCN(C4=NCCCO4)CC3)cc2)CO1. The Kier molecular flexibility index (Phi) is 8.01. The summed E-state index contributed by atoms with van der Waals surface area (Å²) in [5.41, 5.74) is 3.14. The molecule has 206 valence electrons. The maximum atomic E-state index is 6.54. The standard InChI is InChI=1S/C29H34ClN5O4/c30-27-5-2-1-4-26(27)29(21-33-12-11-31-22-33)38-19-25(20-39-29)37-18-23-6-8-24(9-7-23)34-13-15-35(16-14-34)28-32-10-3-17-36-28/h1-2,4-9,11-12,22,25H,3,10,13-21H2. The second-order valence-electron chi connectivity index (χ2n) is 10.0. The summed E-state index contributed by atoms with van der Waals surface area (Å²) >= 11 is 6.54. The fraction of sp³-hybridized carbons (Fsp3) is 0.448. The molecule has 6 rings (SSSR count). The third-order valence-corrected chi connectivity index (χ3v) is 7.69. The summed E-state index contributed by atoms with van der Waals surface area (Å²) in [5.74, 6) is -1.000. The minimum absolute atomic E-state index is 0.180. The summed E-state index contributed by atoms with van der Waals surface area (Å²) in [6.07, 6.45) is 6.20. The van der Waals surface area contributed by atoms with Gasteiger partial charge < -0.3 is 33.3 Å². The van der Waals surface area contributed by atoms with Crippen LogP contribution in [0, 0.1) is 0 Å². The Bertz CT molecular complexity index is 1240. The molecule has 0 bridgehead atoms. The van der Waals surface area contributed by atoms with Gasteiger partial charge in [-0.15, -0.1) is 0 Å². The van der Waals surface area contributed by atoms with Gasteiger partial charge in [0.25, 0.3) is 6.02 Å². The summed E-state index contributed by atoms with van der Waals surface area (Å²) in [6.45, 7) is 7.10. The summed E-state index contributed by atoms with van der Waals surface area (Å²) in [6, 6.07) is 17.1. The molecule has 0 N–H and O–H groups in total. The van der Waals surface area contributed by atoms with Crippen LogP contribution in [-0.4, -0.2) is 79.1 Å². The maximum absolute atomic E-state index is 6.54. The van der Waals surface area contributed by atoms with E-state index in [1.54, 1.807) is 12.5 Å². The average Bonchev–Trinajstić information content (AvgIpc) is 3.51. The Labute approximate surface area is 233 Å². The Hall–Kier alpha value is -3.11. The molecule has 0 spiro atoms. The van der Waals surface area contributed by atoms with Crippen LogP contribution in [0.5, 0.6) is 0 Å². The van der Waals surface area contributed by atoms with Gasteiger partial charge in [-0.25, -0.2) is 9.98 Å². The lowest BCUT2D eigenvalue weighted by molar-refractivity contribution is -0.313. The van der Waals surface area contributed by atoms with Crippen molar-refractivity contribution < 1.29 is 18.9 Å². The highest BCUT2D eigenvalue weighted by Crippen LogP contribution is 2.37. The quantitative estimate of drug-likeness (QED) is 0.441. The number of rotatable bonds is 7. The van der Waals surface area contributed by atoms with Crippen molar-refractivity contribution in [2.75, 3.05) is 57.4 Å². The lowest BCUT2D eigenvalue weighted by Gasteiger charge is -2.40. The van der Waals surface area contributed by atoms with Crippen LogP contribution in [0.4, 0.5) is 5.69 Å². The highest BCUT2D eigenvalue weighted by atomic mass is 35.5. The summed E-state index contributed by atoms with van der Waals surface area (Å²) in [7, 11) is 0. The third kappa shape index (κ3) is 6.06. The highest BCUT2D eigenvalue weighted by molar-refractivity contribution is 6.31. The Balaban J connectivity index is 1.01. The van der Waals surface area contributed by atoms with E-state index in [9.17, 15) is 0 Å². The van der Waals surface area contributed by atoms with Crippen molar-refractivity contribution in [1.29, 1.82) is 0 Å². The zero-order valence-corrected chi connectivity index (χ0v) is 22.7. The number of amidine groups is 1. The molecular formula is C29H34ClN5O4. The molecule has 10 heteroatoms. The van der Waals surface area contributed by atoms with Crippen LogP contribution in [0.3, 0.4) is 0 Å². The molecular weight excluding hydrogens is 518 g/mol. The van der Waals surface area contributed by atoms with Crippen LogP contribution in [0.25, 0.3) is 0 Å². The van der Waals surface area contributed by atoms with Crippen LogP contribution in [0.2, 0.25) is 5.02 Å².